The SMILES string of the molecule is C[C@H]1CN(CC(=O)Nc2cccc(Br)c2)C[C@H](C)O1. The van der Waals surface area contributed by atoms with Crippen LogP contribution in [0.15, 0.2) is 28.7 Å². The van der Waals surface area contributed by atoms with Crippen molar-refractivity contribution in [3.05, 3.63) is 28.7 Å². The molecule has 2 atom stereocenters. The number of carbonyl (C=O) groups is 1. The van der Waals surface area contributed by atoms with Gasteiger partial charge in [-0.05, 0) is 32.0 Å². The third-order valence-corrected chi connectivity index (χ3v) is 3.46. The molecule has 0 saturated carbocycles. The fourth-order valence-electron chi connectivity index (χ4n) is 2.38. The number of carbonyl (C=O) groups excluding carboxylic acids is 1. The summed E-state index contributed by atoms with van der Waals surface area (Å²) < 4.78 is 6.61. The molecule has 104 valence electrons. The van der Waals surface area contributed by atoms with Gasteiger partial charge in [-0.3, -0.25) is 9.69 Å². The molecule has 1 aliphatic heterocycles. The third-order valence-electron chi connectivity index (χ3n) is 2.97. The Hall–Kier alpha value is -0.910. The number of rotatable bonds is 3. The smallest absolute Gasteiger partial charge is 0.238 e. The summed E-state index contributed by atoms with van der Waals surface area (Å²) in [7, 11) is 0. The van der Waals surface area contributed by atoms with Crippen LogP contribution in [0.5, 0.6) is 0 Å². The van der Waals surface area contributed by atoms with Crippen LogP contribution in [0.3, 0.4) is 0 Å². The van der Waals surface area contributed by atoms with Crippen LogP contribution in [0.4, 0.5) is 5.69 Å². The van der Waals surface area contributed by atoms with Crippen molar-refractivity contribution in [3.8, 4) is 0 Å². The minimum absolute atomic E-state index is 0.0133. The first-order valence-corrected chi connectivity index (χ1v) is 7.25. The molecule has 1 N–H and O–H groups in total. The van der Waals surface area contributed by atoms with Gasteiger partial charge >= 0.3 is 0 Å². The zero-order valence-electron chi connectivity index (χ0n) is 11.2. The third kappa shape index (κ3) is 4.60. The molecular formula is C14H19BrN2O2. The van der Waals surface area contributed by atoms with Crippen LogP contribution >= 0.6 is 15.9 Å². The molecule has 1 amide bonds. The summed E-state index contributed by atoms with van der Waals surface area (Å²) in [4.78, 5) is 14.1. The minimum Gasteiger partial charge on any atom is -0.373 e. The van der Waals surface area contributed by atoms with E-state index in [2.05, 4.69) is 26.1 Å². The minimum atomic E-state index is 0.0133. The summed E-state index contributed by atoms with van der Waals surface area (Å²) in [5.41, 5.74) is 0.814. The van der Waals surface area contributed by atoms with Gasteiger partial charge in [0.15, 0.2) is 0 Å². The highest BCUT2D eigenvalue weighted by molar-refractivity contribution is 9.10. The van der Waals surface area contributed by atoms with Crippen LogP contribution < -0.4 is 5.32 Å². The van der Waals surface area contributed by atoms with Crippen molar-refractivity contribution >= 4 is 27.5 Å². The number of morpholine rings is 1. The highest BCUT2D eigenvalue weighted by Gasteiger charge is 2.23. The zero-order valence-corrected chi connectivity index (χ0v) is 12.8. The van der Waals surface area contributed by atoms with Gasteiger partial charge in [-0.15, -0.1) is 0 Å². The summed E-state index contributed by atoms with van der Waals surface area (Å²) in [5, 5.41) is 2.91. The summed E-state index contributed by atoms with van der Waals surface area (Å²) in [5.74, 6) is 0.0133. The van der Waals surface area contributed by atoms with Crippen molar-refractivity contribution in [2.45, 2.75) is 26.1 Å². The molecule has 1 fully saturated rings. The summed E-state index contributed by atoms with van der Waals surface area (Å²) in [6, 6.07) is 7.61. The van der Waals surface area contributed by atoms with Gasteiger partial charge in [0.1, 0.15) is 0 Å². The van der Waals surface area contributed by atoms with E-state index in [1.165, 1.54) is 0 Å². The maximum Gasteiger partial charge on any atom is 0.238 e. The first-order valence-electron chi connectivity index (χ1n) is 6.46. The summed E-state index contributed by atoms with van der Waals surface area (Å²) in [6.07, 6.45) is 0.366. The molecule has 1 saturated heterocycles. The lowest BCUT2D eigenvalue weighted by Gasteiger charge is -2.34. The molecule has 4 nitrogen and oxygen atoms in total. The maximum atomic E-state index is 12.0. The topological polar surface area (TPSA) is 41.6 Å². The van der Waals surface area contributed by atoms with E-state index in [9.17, 15) is 4.79 Å². The van der Waals surface area contributed by atoms with E-state index in [-0.39, 0.29) is 18.1 Å². The molecule has 1 heterocycles. The lowest BCUT2D eigenvalue weighted by molar-refractivity contribution is -0.121. The Labute approximate surface area is 122 Å². The molecule has 0 aliphatic carbocycles. The van der Waals surface area contributed by atoms with E-state index in [1.807, 2.05) is 38.1 Å². The number of ether oxygens (including phenoxy) is 1. The monoisotopic (exact) mass is 326 g/mol. The quantitative estimate of drug-likeness (QED) is 0.927. The van der Waals surface area contributed by atoms with Crippen LogP contribution in [0, 0.1) is 0 Å². The van der Waals surface area contributed by atoms with Gasteiger partial charge in [-0.25, -0.2) is 0 Å². The second-order valence-electron chi connectivity index (χ2n) is 5.01. The molecule has 0 aromatic heterocycles. The number of hydrogen-bond donors (Lipinski definition) is 1. The number of benzene rings is 1. The number of hydrogen-bond acceptors (Lipinski definition) is 3. The summed E-state index contributed by atoms with van der Waals surface area (Å²) in [6.45, 7) is 6.08. The molecule has 0 spiro atoms. The second-order valence-corrected chi connectivity index (χ2v) is 5.93. The zero-order chi connectivity index (χ0) is 13.8. The number of nitrogens with one attached hydrogen (secondary N) is 1. The van der Waals surface area contributed by atoms with Gasteiger partial charge in [0.25, 0.3) is 0 Å². The van der Waals surface area contributed by atoms with Crippen LogP contribution in [-0.4, -0.2) is 42.6 Å². The largest absolute Gasteiger partial charge is 0.373 e. The average molecular weight is 327 g/mol. The van der Waals surface area contributed by atoms with Crippen LogP contribution in [0.1, 0.15) is 13.8 Å². The van der Waals surface area contributed by atoms with Crippen molar-refractivity contribution in [1.82, 2.24) is 4.90 Å². The standard InChI is InChI=1S/C14H19BrN2O2/c1-10-7-17(8-11(2)19-10)9-14(18)16-13-5-3-4-12(15)6-13/h3-6,10-11H,7-9H2,1-2H3,(H,16,18)/t10-,11-/m0/s1. The van der Waals surface area contributed by atoms with Gasteiger partial charge < -0.3 is 10.1 Å². The van der Waals surface area contributed by atoms with E-state index in [4.69, 9.17) is 4.74 Å². The van der Waals surface area contributed by atoms with E-state index < -0.39 is 0 Å². The first kappa shape index (κ1) is 14.5. The molecule has 2 rings (SSSR count). The first-order chi connectivity index (χ1) is 9.02. The lowest BCUT2D eigenvalue weighted by atomic mass is 10.2. The van der Waals surface area contributed by atoms with E-state index in [1.54, 1.807) is 0 Å². The Kier molecular flexibility index (Phi) is 4.96. The lowest BCUT2D eigenvalue weighted by Crippen LogP contribution is -2.48. The second kappa shape index (κ2) is 6.50. The highest BCUT2D eigenvalue weighted by Crippen LogP contribution is 2.16. The van der Waals surface area contributed by atoms with Crippen molar-refractivity contribution in [2.24, 2.45) is 0 Å². The van der Waals surface area contributed by atoms with Crippen LogP contribution in [-0.2, 0) is 9.53 Å². The number of halogens is 1. The van der Waals surface area contributed by atoms with Crippen LogP contribution in [0.2, 0.25) is 0 Å². The Bertz CT molecular complexity index is 443. The van der Waals surface area contributed by atoms with E-state index in [0.29, 0.717) is 6.54 Å². The molecular weight excluding hydrogens is 308 g/mol. The predicted molar refractivity (Wildman–Crippen MR) is 79.2 cm³/mol. The average Bonchev–Trinajstić information content (AvgIpc) is 2.26. The fraction of sp³-hybridized carbons (Fsp3) is 0.500. The van der Waals surface area contributed by atoms with Gasteiger partial charge in [0.2, 0.25) is 5.91 Å². The number of anilines is 1. The van der Waals surface area contributed by atoms with Gasteiger partial charge in [0.05, 0.1) is 18.8 Å². The number of amides is 1. The fourth-order valence-corrected chi connectivity index (χ4v) is 2.78. The highest BCUT2D eigenvalue weighted by atomic mass is 79.9. The van der Waals surface area contributed by atoms with Gasteiger partial charge in [-0.2, -0.15) is 0 Å². The van der Waals surface area contributed by atoms with Crippen molar-refractivity contribution in [2.75, 3.05) is 25.0 Å². The molecule has 0 radical (unpaired) electrons. The Morgan fingerprint density at radius 1 is 1.42 bits per heavy atom. The number of nitrogens with zero attached hydrogens (tertiary/aromatic N) is 1. The molecule has 1 aromatic carbocycles. The molecule has 1 aliphatic rings. The van der Waals surface area contributed by atoms with Crippen molar-refractivity contribution in [3.63, 3.8) is 0 Å². The van der Waals surface area contributed by atoms with Crippen molar-refractivity contribution in [1.29, 1.82) is 0 Å². The molecule has 19 heavy (non-hydrogen) atoms. The predicted octanol–water partition coefficient (Wildman–Crippen LogP) is 2.50. The van der Waals surface area contributed by atoms with Crippen LogP contribution in [0.25, 0.3) is 0 Å². The van der Waals surface area contributed by atoms with Crippen molar-refractivity contribution < 1.29 is 9.53 Å². The Morgan fingerprint density at radius 3 is 2.74 bits per heavy atom. The van der Waals surface area contributed by atoms with E-state index in [0.717, 1.165) is 23.2 Å². The van der Waals surface area contributed by atoms with Gasteiger partial charge in [0, 0.05) is 23.2 Å². The molecule has 0 unspecified atom stereocenters. The Morgan fingerprint density at radius 2 is 2.11 bits per heavy atom. The maximum absolute atomic E-state index is 12.0. The Balaban J connectivity index is 1.87. The van der Waals surface area contributed by atoms with E-state index >= 15 is 0 Å². The van der Waals surface area contributed by atoms with Gasteiger partial charge in [-0.1, -0.05) is 22.0 Å². The molecule has 1 aromatic rings. The normalized spacial score (nSPS) is 24.2. The molecule has 0 bridgehead atoms. The molecule has 5 heteroatoms. The summed E-state index contributed by atoms with van der Waals surface area (Å²) >= 11 is 3.39.